The summed E-state index contributed by atoms with van der Waals surface area (Å²) in [5, 5.41) is 11.1. The van der Waals surface area contributed by atoms with Crippen LogP contribution in [0.4, 0.5) is 5.82 Å². The fraction of sp³-hybridized carbons (Fsp3) is 0.125. The van der Waals surface area contributed by atoms with Crippen molar-refractivity contribution in [3.05, 3.63) is 70.5 Å². The first-order valence-corrected chi connectivity index (χ1v) is 7.36. The van der Waals surface area contributed by atoms with E-state index in [-0.39, 0.29) is 5.76 Å². The lowest BCUT2D eigenvalue weighted by molar-refractivity contribution is -0.119. The molecule has 6 heteroatoms. The number of amides is 1. The van der Waals surface area contributed by atoms with Crippen molar-refractivity contribution in [3.8, 4) is 0 Å². The number of hydrogen-bond donors (Lipinski definition) is 1. The third-order valence-electron chi connectivity index (χ3n) is 3.45. The Morgan fingerprint density at radius 1 is 1.23 bits per heavy atom. The Kier molecular flexibility index (Phi) is 3.72. The Balaban J connectivity index is 2.14. The van der Waals surface area contributed by atoms with Crippen molar-refractivity contribution in [1.29, 1.82) is 0 Å². The quantitative estimate of drug-likeness (QED) is 0.913. The molecule has 0 saturated heterocycles. The van der Waals surface area contributed by atoms with Gasteiger partial charge in [0.15, 0.2) is 11.5 Å². The average Bonchev–Trinajstić information content (AvgIpc) is 2.81. The zero-order chi connectivity index (χ0) is 15.7. The van der Waals surface area contributed by atoms with Gasteiger partial charge < -0.3 is 9.84 Å². The van der Waals surface area contributed by atoms with Gasteiger partial charge in [0.2, 0.25) is 0 Å². The number of pyridine rings is 1. The molecule has 1 aliphatic heterocycles. The molecule has 0 aliphatic carbocycles. The molecule has 22 heavy (non-hydrogen) atoms. The van der Waals surface area contributed by atoms with Crippen LogP contribution in [-0.2, 0) is 15.3 Å². The maximum absolute atomic E-state index is 12.5. The molecule has 0 bridgehead atoms. The molecule has 5 nitrogen and oxygen atoms in total. The minimum atomic E-state index is -1.63. The van der Waals surface area contributed by atoms with Crippen LogP contribution in [0, 0.1) is 0 Å². The zero-order valence-corrected chi connectivity index (χ0v) is 13.3. The predicted molar refractivity (Wildman–Crippen MR) is 84.9 cm³/mol. The van der Waals surface area contributed by atoms with E-state index < -0.39 is 11.6 Å². The van der Waals surface area contributed by atoms with E-state index in [0.29, 0.717) is 11.4 Å². The first-order chi connectivity index (χ1) is 10.6. The summed E-state index contributed by atoms with van der Waals surface area (Å²) in [7, 11) is 1.40. The molecule has 1 aromatic heterocycles. The van der Waals surface area contributed by atoms with Crippen LogP contribution in [-0.4, -0.2) is 23.1 Å². The highest BCUT2D eigenvalue weighted by Crippen LogP contribution is 2.38. The monoisotopic (exact) mass is 360 g/mol. The number of ether oxygens (including phenoxy) is 1. The van der Waals surface area contributed by atoms with E-state index >= 15 is 0 Å². The molecule has 1 aromatic carbocycles. The van der Waals surface area contributed by atoms with Crippen LogP contribution in [0.15, 0.2) is 65.0 Å². The van der Waals surface area contributed by atoms with Gasteiger partial charge in [-0.25, -0.2) is 4.98 Å². The Labute approximate surface area is 136 Å². The van der Waals surface area contributed by atoms with Crippen LogP contribution in [0.1, 0.15) is 5.56 Å². The molecular weight excluding hydrogens is 348 g/mol. The SMILES string of the molecule is COC1=CC(O)(c2ccccc2)N(c2ccc(Br)cn2)C1=O. The van der Waals surface area contributed by atoms with Crippen molar-refractivity contribution in [1.82, 2.24) is 4.98 Å². The molecule has 1 amide bonds. The van der Waals surface area contributed by atoms with Crippen molar-refractivity contribution in [2.24, 2.45) is 0 Å². The van der Waals surface area contributed by atoms with Gasteiger partial charge in [-0.1, -0.05) is 30.3 Å². The largest absolute Gasteiger partial charge is 0.491 e. The standard InChI is InChI=1S/C16H13BrN2O3/c1-22-13-9-16(21,11-5-3-2-4-6-11)19(15(13)20)14-8-7-12(17)10-18-14/h2-10,21H,1H3. The number of benzene rings is 1. The minimum absolute atomic E-state index is 0.0797. The fourth-order valence-corrected chi connectivity index (χ4v) is 2.63. The number of aromatic nitrogens is 1. The van der Waals surface area contributed by atoms with Gasteiger partial charge in [-0.05, 0) is 28.1 Å². The molecule has 2 heterocycles. The van der Waals surface area contributed by atoms with Crippen molar-refractivity contribution in [2.75, 3.05) is 12.0 Å². The summed E-state index contributed by atoms with van der Waals surface area (Å²) in [6.07, 6.45) is 2.97. The molecule has 3 rings (SSSR count). The molecule has 1 N–H and O–H groups in total. The Morgan fingerprint density at radius 3 is 2.55 bits per heavy atom. The van der Waals surface area contributed by atoms with E-state index in [4.69, 9.17) is 4.74 Å². The number of halogens is 1. The second kappa shape index (κ2) is 5.55. The average molecular weight is 361 g/mol. The van der Waals surface area contributed by atoms with Gasteiger partial charge in [0.05, 0.1) is 7.11 Å². The highest BCUT2D eigenvalue weighted by Gasteiger charge is 2.47. The topological polar surface area (TPSA) is 62.7 Å². The van der Waals surface area contributed by atoms with Gasteiger partial charge in [0, 0.05) is 22.3 Å². The lowest BCUT2D eigenvalue weighted by Gasteiger charge is -2.32. The van der Waals surface area contributed by atoms with E-state index in [2.05, 4.69) is 20.9 Å². The maximum Gasteiger partial charge on any atom is 0.297 e. The fourth-order valence-electron chi connectivity index (χ4n) is 2.40. The van der Waals surface area contributed by atoms with E-state index in [9.17, 15) is 9.90 Å². The number of aliphatic hydroxyl groups is 1. The number of nitrogens with zero attached hydrogens (tertiary/aromatic N) is 2. The van der Waals surface area contributed by atoms with E-state index in [1.54, 1.807) is 42.6 Å². The molecule has 1 aliphatic rings. The molecule has 112 valence electrons. The lowest BCUT2D eigenvalue weighted by Crippen LogP contribution is -2.45. The van der Waals surface area contributed by atoms with Gasteiger partial charge in [0.25, 0.3) is 5.91 Å². The summed E-state index contributed by atoms with van der Waals surface area (Å²) in [5.74, 6) is -0.0254. The number of hydrogen-bond acceptors (Lipinski definition) is 4. The third-order valence-corrected chi connectivity index (χ3v) is 3.92. The van der Waals surface area contributed by atoms with Crippen LogP contribution in [0.2, 0.25) is 0 Å². The Bertz CT molecular complexity index is 731. The second-order valence-corrected chi connectivity index (χ2v) is 5.70. The molecule has 1 unspecified atom stereocenters. The van der Waals surface area contributed by atoms with E-state index in [0.717, 1.165) is 4.47 Å². The summed E-state index contributed by atoms with van der Waals surface area (Å²) < 4.78 is 5.87. The number of methoxy groups -OCH3 is 1. The van der Waals surface area contributed by atoms with Crippen molar-refractivity contribution >= 4 is 27.7 Å². The van der Waals surface area contributed by atoms with Crippen LogP contribution in [0.5, 0.6) is 0 Å². The summed E-state index contributed by atoms with van der Waals surface area (Å²) in [5.41, 5.74) is -1.08. The summed E-state index contributed by atoms with van der Waals surface area (Å²) in [4.78, 5) is 18.0. The Hall–Kier alpha value is -2.18. The van der Waals surface area contributed by atoms with Crippen LogP contribution >= 0.6 is 15.9 Å². The molecule has 0 radical (unpaired) electrons. The molecule has 1 atom stereocenters. The highest BCUT2D eigenvalue weighted by atomic mass is 79.9. The lowest BCUT2D eigenvalue weighted by atomic mass is 10.0. The number of rotatable bonds is 3. The van der Waals surface area contributed by atoms with Crippen molar-refractivity contribution < 1.29 is 14.6 Å². The minimum Gasteiger partial charge on any atom is -0.491 e. The van der Waals surface area contributed by atoms with Crippen molar-refractivity contribution in [2.45, 2.75) is 5.72 Å². The summed E-state index contributed by atoms with van der Waals surface area (Å²) in [6.45, 7) is 0. The maximum atomic E-state index is 12.5. The van der Waals surface area contributed by atoms with Gasteiger partial charge in [-0.3, -0.25) is 9.69 Å². The molecule has 0 saturated carbocycles. The van der Waals surface area contributed by atoms with Crippen LogP contribution < -0.4 is 4.90 Å². The highest BCUT2D eigenvalue weighted by molar-refractivity contribution is 9.10. The van der Waals surface area contributed by atoms with E-state index in [1.807, 2.05) is 6.07 Å². The van der Waals surface area contributed by atoms with Gasteiger partial charge in [-0.15, -0.1) is 0 Å². The summed E-state index contributed by atoms with van der Waals surface area (Å²) in [6, 6.07) is 12.3. The molecule has 0 spiro atoms. The molecule has 2 aromatic rings. The number of carbonyl (C=O) groups is 1. The second-order valence-electron chi connectivity index (χ2n) is 4.78. The van der Waals surface area contributed by atoms with Crippen molar-refractivity contribution in [3.63, 3.8) is 0 Å². The number of carbonyl (C=O) groups excluding carboxylic acids is 1. The third kappa shape index (κ3) is 2.30. The summed E-state index contributed by atoms with van der Waals surface area (Å²) >= 11 is 3.30. The molecule has 0 fully saturated rings. The van der Waals surface area contributed by atoms with Crippen LogP contribution in [0.3, 0.4) is 0 Å². The van der Waals surface area contributed by atoms with Gasteiger partial charge in [0.1, 0.15) is 5.82 Å². The molecular formula is C16H13BrN2O3. The van der Waals surface area contributed by atoms with Gasteiger partial charge in [-0.2, -0.15) is 0 Å². The zero-order valence-electron chi connectivity index (χ0n) is 11.7. The number of anilines is 1. The first-order valence-electron chi connectivity index (χ1n) is 6.57. The van der Waals surface area contributed by atoms with E-state index in [1.165, 1.54) is 18.1 Å². The Morgan fingerprint density at radius 2 is 1.95 bits per heavy atom. The first kappa shape index (κ1) is 14.7. The van der Waals surface area contributed by atoms with Gasteiger partial charge >= 0.3 is 0 Å². The predicted octanol–water partition coefficient (Wildman–Crippen LogP) is 2.57. The smallest absolute Gasteiger partial charge is 0.297 e. The van der Waals surface area contributed by atoms with Crippen LogP contribution in [0.25, 0.3) is 0 Å². The normalized spacial score (nSPS) is 21.0.